The third kappa shape index (κ3) is 9.99. The van der Waals surface area contributed by atoms with Gasteiger partial charge in [-0.25, -0.2) is 29.2 Å². The Morgan fingerprint density at radius 1 is 0.614 bits per heavy atom. The van der Waals surface area contributed by atoms with E-state index in [9.17, 15) is 46.2 Å². The molecule has 0 saturated carbocycles. The minimum atomic E-state index is -4.57. The molecule has 294 valence electrons. The number of carboxylic acids is 2. The van der Waals surface area contributed by atoms with Crippen molar-refractivity contribution >= 4 is 54.9 Å². The molecule has 0 spiro atoms. The monoisotopic (exact) mass is 857 g/mol. The zero-order valence-corrected chi connectivity index (χ0v) is 32.0. The van der Waals surface area contributed by atoms with Gasteiger partial charge in [-0.2, -0.15) is 27.1 Å². The van der Waals surface area contributed by atoms with Crippen LogP contribution >= 0.6 is 0 Å². The molecule has 23 heteroatoms. The van der Waals surface area contributed by atoms with Crippen molar-refractivity contribution in [1.82, 2.24) is 19.6 Å². The van der Waals surface area contributed by atoms with Gasteiger partial charge in [-0.05, 0) is 60.7 Å². The number of rotatable bonds is 10. The summed E-state index contributed by atoms with van der Waals surface area (Å²) < 4.78 is 65.6. The summed E-state index contributed by atoms with van der Waals surface area (Å²) >= 11 is 0. The molecule has 0 aliphatic rings. The van der Waals surface area contributed by atoms with Crippen LogP contribution < -0.4 is 11.1 Å². The molecule has 0 bridgehead atoms. The van der Waals surface area contributed by atoms with Crippen LogP contribution in [0.15, 0.2) is 137 Å². The van der Waals surface area contributed by atoms with Crippen molar-refractivity contribution in [3.63, 3.8) is 0 Å². The number of hydrogen-bond acceptors (Lipinski definition) is 14. The van der Waals surface area contributed by atoms with Gasteiger partial charge in [-0.1, -0.05) is 61.6 Å². The molecule has 57 heavy (non-hydrogen) atoms. The van der Waals surface area contributed by atoms with Gasteiger partial charge < -0.3 is 30.0 Å². The summed E-state index contributed by atoms with van der Waals surface area (Å²) in [6, 6.07) is 22.7. The standard InChI is InChI=1S/2C17H13N4O6S.Cr/c2*1-10-15(16(22)21(20-10)11-5-3-2-4-6-11)19-18-14-9-12(28(25,26)27)7-8-13(14)17(23)24;/h2*2-9H,1H3,(H,23,24)(H,25,26,27);/q2*-1;/p+3. The van der Waals surface area contributed by atoms with E-state index in [4.69, 9.17) is 9.11 Å². The van der Waals surface area contributed by atoms with E-state index in [1.165, 1.54) is 13.8 Å². The van der Waals surface area contributed by atoms with E-state index in [0.717, 1.165) is 45.8 Å². The zero-order chi connectivity index (χ0) is 40.9. The van der Waals surface area contributed by atoms with Crippen LogP contribution in [-0.2, 0) is 37.6 Å². The van der Waals surface area contributed by atoms with Crippen LogP contribution in [0, 0.1) is 13.8 Å². The van der Waals surface area contributed by atoms with E-state index in [-0.39, 0.29) is 66.9 Å². The summed E-state index contributed by atoms with van der Waals surface area (Å²) in [5.41, 5.74) is -1.26. The number of nitrogens with zero attached hydrogens (tertiary/aromatic N) is 8. The quantitative estimate of drug-likeness (QED) is 0.0743. The van der Waals surface area contributed by atoms with Crippen LogP contribution in [0.3, 0.4) is 0 Å². The second-order valence-electron chi connectivity index (χ2n) is 11.3. The van der Waals surface area contributed by atoms with Crippen molar-refractivity contribution in [2.24, 2.45) is 20.5 Å². The molecule has 0 saturated heterocycles. The SMILES string of the molecule is Cc1nn(-c2ccccc2)c(=O)[c-]1N=Nc1cc(S(=O)(=O)O)ccc1C(=O)O.Cc1nn(-c2ccccc2)c(=O)[c-]1N=Nc1cc(S(=O)(=O)O)ccc1C(=O)O.[Cr].[H+].[H+].[H+]. The predicted octanol–water partition coefficient (Wildman–Crippen LogP) is 5.58. The maximum absolute atomic E-state index is 12.6. The fourth-order valence-corrected chi connectivity index (χ4v) is 5.79. The van der Waals surface area contributed by atoms with Crippen LogP contribution in [0.2, 0.25) is 0 Å². The molecule has 4 aromatic carbocycles. The van der Waals surface area contributed by atoms with E-state index in [1.807, 2.05) is 0 Å². The Balaban J connectivity index is 0.000000562. The number of para-hydroxylation sites is 2. The van der Waals surface area contributed by atoms with E-state index in [2.05, 4.69) is 30.7 Å². The number of hydrogen-bond donors (Lipinski definition) is 4. The molecule has 2 aromatic heterocycles. The topological polar surface area (TPSA) is 303 Å². The summed E-state index contributed by atoms with van der Waals surface area (Å²) in [7, 11) is -9.14. The largest absolute Gasteiger partial charge is 1.00 e. The average molecular weight is 858 g/mol. The van der Waals surface area contributed by atoms with Gasteiger partial charge in [0.1, 0.15) is 11.1 Å². The van der Waals surface area contributed by atoms with Crippen molar-refractivity contribution in [3.8, 4) is 11.4 Å². The van der Waals surface area contributed by atoms with Crippen molar-refractivity contribution in [2.45, 2.75) is 23.6 Å². The minimum absolute atomic E-state index is 0. The van der Waals surface area contributed by atoms with E-state index >= 15 is 0 Å². The molecule has 4 N–H and O–H groups in total. The van der Waals surface area contributed by atoms with Gasteiger partial charge in [-0.15, -0.1) is 11.4 Å². The Bertz CT molecular complexity index is 2710. The fraction of sp³-hybridized carbons (Fsp3) is 0.0588. The Labute approximate surface area is 336 Å². The molecule has 0 amide bonds. The number of carbonyl (C=O) groups is 2. The molecule has 0 fully saturated rings. The summed E-state index contributed by atoms with van der Waals surface area (Å²) in [5, 5.41) is 41.7. The first-order valence-electron chi connectivity index (χ1n) is 15.5. The first kappa shape index (κ1) is 43.1. The Morgan fingerprint density at radius 3 is 1.25 bits per heavy atom. The van der Waals surface area contributed by atoms with E-state index in [1.54, 1.807) is 60.7 Å². The van der Waals surface area contributed by atoms with Gasteiger partial charge in [0.25, 0.3) is 20.2 Å². The maximum atomic E-state index is 12.6. The summed E-state index contributed by atoms with van der Waals surface area (Å²) in [4.78, 5) is 46.7. The molecular formula is C34H29CrN8O12S2+. The van der Waals surface area contributed by atoms with Crippen molar-refractivity contribution in [3.05, 3.63) is 140 Å². The van der Waals surface area contributed by atoms with Crippen molar-refractivity contribution in [1.29, 1.82) is 0 Å². The van der Waals surface area contributed by atoms with Crippen LogP contribution in [0.25, 0.3) is 11.4 Å². The van der Waals surface area contributed by atoms with Crippen LogP contribution in [0.1, 0.15) is 36.4 Å². The predicted molar refractivity (Wildman–Crippen MR) is 198 cm³/mol. The molecule has 0 atom stereocenters. The molecule has 20 nitrogen and oxygen atoms in total. The zero-order valence-electron chi connectivity index (χ0n) is 32.1. The van der Waals surface area contributed by atoms with Gasteiger partial charge in [0.15, 0.2) is 0 Å². The van der Waals surface area contributed by atoms with Crippen molar-refractivity contribution < 1.29 is 67.4 Å². The number of azo groups is 2. The van der Waals surface area contributed by atoms with Gasteiger partial charge in [0.2, 0.25) is 0 Å². The van der Waals surface area contributed by atoms with Crippen LogP contribution in [0.5, 0.6) is 0 Å². The third-order valence-electron chi connectivity index (χ3n) is 7.49. The number of aromatic carboxylic acids is 2. The Kier molecular flexibility index (Phi) is 13.2. The van der Waals surface area contributed by atoms with E-state index < -0.39 is 53.1 Å². The van der Waals surface area contributed by atoms with Crippen LogP contribution in [-0.4, -0.2) is 67.7 Å². The summed E-state index contributed by atoms with van der Waals surface area (Å²) in [6.07, 6.45) is 0. The molecule has 0 aliphatic carbocycles. The third-order valence-corrected chi connectivity index (χ3v) is 9.19. The Hall–Kier alpha value is -6.61. The molecule has 6 rings (SSSR count). The fourth-order valence-electron chi connectivity index (χ4n) is 4.79. The molecule has 6 aromatic rings. The maximum Gasteiger partial charge on any atom is 1.00 e. The minimum Gasteiger partial charge on any atom is -0.478 e. The number of carboxylic acid groups (broad SMARTS) is 2. The first-order valence-corrected chi connectivity index (χ1v) is 18.4. The Morgan fingerprint density at radius 2 is 0.947 bits per heavy atom. The molecular weight excluding hydrogens is 829 g/mol. The summed E-state index contributed by atoms with van der Waals surface area (Å²) in [6.45, 7) is 3.06. The molecule has 2 heterocycles. The van der Waals surface area contributed by atoms with Gasteiger partial charge >= 0.3 is 16.2 Å². The van der Waals surface area contributed by atoms with E-state index in [0.29, 0.717) is 11.4 Å². The van der Waals surface area contributed by atoms with Gasteiger partial charge in [0.05, 0.1) is 43.7 Å². The second kappa shape index (κ2) is 17.5. The smallest absolute Gasteiger partial charge is 0.478 e. The number of aromatic nitrogens is 4. The van der Waals surface area contributed by atoms with Gasteiger partial charge in [0, 0.05) is 17.4 Å². The average Bonchev–Trinajstić information content (AvgIpc) is 3.61. The first-order chi connectivity index (χ1) is 26.4. The molecule has 0 radical (unpaired) electrons. The molecule has 0 unspecified atom stereocenters. The second-order valence-corrected chi connectivity index (χ2v) is 14.1. The molecule has 0 aliphatic heterocycles. The number of benzene rings is 4. The van der Waals surface area contributed by atoms with Crippen LogP contribution in [0.4, 0.5) is 22.7 Å². The number of aryl methyl sites for hydroxylation is 2. The van der Waals surface area contributed by atoms with Gasteiger partial charge in [-0.3, -0.25) is 9.11 Å². The normalized spacial score (nSPS) is 11.6. The summed E-state index contributed by atoms with van der Waals surface area (Å²) in [5.74, 6) is -2.76. The van der Waals surface area contributed by atoms with Crippen molar-refractivity contribution in [2.75, 3.05) is 0 Å².